The SMILES string of the molecule is COCC1(C(=O)Nc2ccc(NC(=O)N3CCCCCC3)cc2)CCNCC1.Cl. The van der Waals surface area contributed by atoms with E-state index in [0.717, 1.165) is 63.2 Å². The molecule has 1 aromatic carbocycles. The summed E-state index contributed by atoms with van der Waals surface area (Å²) in [7, 11) is 1.64. The lowest BCUT2D eigenvalue weighted by Crippen LogP contribution is -2.47. The van der Waals surface area contributed by atoms with Gasteiger partial charge in [0.25, 0.3) is 0 Å². The second-order valence-electron chi connectivity index (χ2n) is 7.83. The Morgan fingerprint density at radius 1 is 1.00 bits per heavy atom. The number of nitrogens with zero attached hydrogens (tertiary/aromatic N) is 1. The molecule has 0 bridgehead atoms. The van der Waals surface area contributed by atoms with E-state index < -0.39 is 5.41 Å². The third kappa shape index (κ3) is 6.32. The Kier molecular flexibility index (Phi) is 9.20. The molecule has 7 nitrogen and oxygen atoms in total. The molecule has 0 atom stereocenters. The van der Waals surface area contributed by atoms with Gasteiger partial charge in [0.1, 0.15) is 0 Å². The van der Waals surface area contributed by atoms with Crippen LogP contribution in [0.2, 0.25) is 0 Å². The van der Waals surface area contributed by atoms with Gasteiger partial charge in [-0.1, -0.05) is 12.8 Å². The van der Waals surface area contributed by atoms with Gasteiger partial charge in [-0.05, 0) is 63.0 Å². The van der Waals surface area contributed by atoms with E-state index in [4.69, 9.17) is 4.74 Å². The molecule has 0 spiro atoms. The number of carbonyl (C=O) groups is 2. The summed E-state index contributed by atoms with van der Waals surface area (Å²) in [5, 5.41) is 9.27. The fraction of sp³-hybridized carbons (Fsp3) is 0.619. The van der Waals surface area contributed by atoms with Crippen LogP contribution in [0.5, 0.6) is 0 Å². The van der Waals surface area contributed by atoms with Crippen LogP contribution in [0.1, 0.15) is 38.5 Å². The lowest BCUT2D eigenvalue weighted by molar-refractivity contribution is -0.130. The Morgan fingerprint density at radius 3 is 2.10 bits per heavy atom. The van der Waals surface area contributed by atoms with Gasteiger partial charge in [-0.3, -0.25) is 4.79 Å². The molecule has 2 heterocycles. The van der Waals surface area contributed by atoms with Crippen LogP contribution in [0.15, 0.2) is 24.3 Å². The van der Waals surface area contributed by atoms with Crippen molar-refractivity contribution in [3.05, 3.63) is 24.3 Å². The van der Waals surface area contributed by atoms with Crippen LogP contribution < -0.4 is 16.0 Å². The molecule has 0 unspecified atom stereocenters. The summed E-state index contributed by atoms with van der Waals surface area (Å²) in [6.07, 6.45) is 6.04. The van der Waals surface area contributed by atoms with E-state index in [1.54, 1.807) is 7.11 Å². The second-order valence-corrected chi connectivity index (χ2v) is 7.83. The Hall–Kier alpha value is -1.83. The van der Waals surface area contributed by atoms with Crippen LogP contribution in [0, 0.1) is 5.41 Å². The van der Waals surface area contributed by atoms with E-state index >= 15 is 0 Å². The Morgan fingerprint density at radius 2 is 1.55 bits per heavy atom. The number of hydrogen-bond donors (Lipinski definition) is 3. The number of rotatable bonds is 5. The normalized spacial score (nSPS) is 18.9. The van der Waals surface area contributed by atoms with Gasteiger partial charge in [-0.15, -0.1) is 12.4 Å². The van der Waals surface area contributed by atoms with Crippen LogP contribution in [-0.4, -0.2) is 56.7 Å². The van der Waals surface area contributed by atoms with E-state index in [1.165, 1.54) is 12.8 Å². The molecule has 3 N–H and O–H groups in total. The minimum Gasteiger partial charge on any atom is -0.384 e. The Balaban J connectivity index is 0.00000300. The first kappa shape index (κ1) is 23.4. The summed E-state index contributed by atoms with van der Waals surface area (Å²) in [5.74, 6) is -0.00259. The zero-order valence-electron chi connectivity index (χ0n) is 17.2. The van der Waals surface area contributed by atoms with Crippen molar-refractivity contribution < 1.29 is 14.3 Å². The van der Waals surface area contributed by atoms with Crippen molar-refractivity contribution in [3.63, 3.8) is 0 Å². The minimum absolute atomic E-state index is 0. The van der Waals surface area contributed by atoms with Gasteiger partial charge < -0.3 is 25.6 Å². The van der Waals surface area contributed by atoms with Gasteiger partial charge >= 0.3 is 6.03 Å². The average Bonchev–Trinajstić information content (AvgIpc) is 3.00. The van der Waals surface area contributed by atoms with Gasteiger partial charge in [-0.2, -0.15) is 0 Å². The van der Waals surface area contributed by atoms with E-state index in [2.05, 4.69) is 16.0 Å². The van der Waals surface area contributed by atoms with Crippen LogP contribution in [0.25, 0.3) is 0 Å². The summed E-state index contributed by atoms with van der Waals surface area (Å²) >= 11 is 0. The lowest BCUT2D eigenvalue weighted by atomic mass is 9.78. The predicted octanol–water partition coefficient (Wildman–Crippen LogP) is 3.47. The zero-order valence-corrected chi connectivity index (χ0v) is 18.0. The van der Waals surface area contributed by atoms with Gasteiger partial charge in [0.15, 0.2) is 0 Å². The number of carbonyl (C=O) groups excluding carboxylic acids is 2. The number of methoxy groups -OCH3 is 1. The smallest absolute Gasteiger partial charge is 0.321 e. The molecule has 2 aliphatic heterocycles. The number of nitrogens with one attached hydrogen (secondary N) is 3. The maximum Gasteiger partial charge on any atom is 0.321 e. The number of likely N-dealkylation sites (tertiary alicyclic amines) is 1. The van der Waals surface area contributed by atoms with Gasteiger partial charge in [0, 0.05) is 31.6 Å². The standard InChI is InChI=1S/C21H32N4O3.ClH/c1-28-16-21(10-12-22-13-11-21)19(26)23-17-6-8-18(9-7-17)24-20(27)25-14-4-2-3-5-15-25;/h6-9,22H,2-5,10-16H2,1H3,(H,23,26)(H,24,27);1H. The highest BCUT2D eigenvalue weighted by atomic mass is 35.5. The lowest BCUT2D eigenvalue weighted by Gasteiger charge is -2.35. The summed E-state index contributed by atoms with van der Waals surface area (Å²) in [5.41, 5.74) is 0.979. The molecular formula is C21H33ClN4O3. The molecule has 2 fully saturated rings. The van der Waals surface area contributed by atoms with E-state index in [1.807, 2.05) is 29.2 Å². The van der Waals surface area contributed by atoms with Gasteiger partial charge in [-0.25, -0.2) is 4.79 Å². The number of halogens is 1. The molecule has 0 aromatic heterocycles. The third-order valence-corrected chi connectivity index (χ3v) is 5.75. The first-order chi connectivity index (χ1) is 13.6. The number of anilines is 2. The van der Waals surface area contributed by atoms with Crippen molar-refractivity contribution in [3.8, 4) is 0 Å². The van der Waals surface area contributed by atoms with E-state index in [0.29, 0.717) is 6.61 Å². The third-order valence-electron chi connectivity index (χ3n) is 5.75. The minimum atomic E-state index is -0.486. The maximum absolute atomic E-state index is 12.9. The number of ether oxygens (including phenoxy) is 1. The van der Waals surface area contributed by atoms with E-state index in [9.17, 15) is 9.59 Å². The van der Waals surface area contributed by atoms with Crippen LogP contribution in [0.4, 0.5) is 16.2 Å². The van der Waals surface area contributed by atoms with Crippen LogP contribution >= 0.6 is 12.4 Å². The van der Waals surface area contributed by atoms with Gasteiger partial charge in [0.05, 0.1) is 12.0 Å². The number of urea groups is 1. The quantitative estimate of drug-likeness (QED) is 0.675. The average molecular weight is 425 g/mol. The molecular weight excluding hydrogens is 392 g/mol. The molecule has 0 aliphatic carbocycles. The topological polar surface area (TPSA) is 82.7 Å². The molecule has 0 saturated carbocycles. The second kappa shape index (κ2) is 11.4. The summed E-state index contributed by atoms with van der Waals surface area (Å²) in [6.45, 7) is 3.69. The fourth-order valence-electron chi connectivity index (χ4n) is 4.00. The summed E-state index contributed by atoms with van der Waals surface area (Å²) < 4.78 is 5.33. The molecule has 162 valence electrons. The molecule has 8 heteroatoms. The zero-order chi connectivity index (χ0) is 19.8. The highest BCUT2D eigenvalue weighted by Crippen LogP contribution is 2.31. The largest absolute Gasteiger partial charge is 0.384 e. The van der Waals surface area contributed by atoms with Crippen LogP contribution in [0.3, 0.4) is 0 Å². The highest BCUT2D eigenvalue weighted by Gasteiger charge is 2.39. The molecule has 3 rings (SSSR count). The summed E-state index contributed by atoms with van der Waals surface area (Å²) in [4.78, 5) is 27.2. The van der Waals surface area contributed by atoms with Crippen molar-refractivity contribution in [2.24, 2.45) is 5.41 Å². The molecule has 0 radical (unpaired) electrons. The maximum atomic E-state index is 12.9. The monoisotopic (exact) mass is 424 g/mol. The number of hydrogen-bond acceptors (Lipinski definition) is 4. The number of piperidine rings is 1. The molecule has 2 aliphatic rings. The van der Waals surface area contributed by atoms with E-state index in [-0.39, 0.29) is 24.3 Å². The highest BCUT2D eigenvalue weighted by molar-refractivity contribution is 5.96. The van der Waals surface area contributed by atoms with Crippen molar-refractivity contribution in [2.75, 3.05) is 50.5 Å². The molecule has 3 amide bonds. The van der Waals surface area contributed by atoms with Crippen molar-refractivity contribution in [2.45, 2.75) is 38.5 Å². The van der Waals surface area contributed by atoms with Crippen molar-refractivity contribution in [1.82, 2.24) is 10.2 Å². The molecule has 1 aromatic rings. The first-order valence-corrected chi connectivity index (χ1v) is 10.3. The fourth-order valence-corrected chi connectivity index (χ4v) is 4.00. The summed E-state index contributed by atoms with van der Waals surface area (Å²) in [6, 6.07) is 7.27. The van der Waals surface area contributed by atoms with Crippen molar-refractivity contribution >= 4 is 35.7 Å². The number of benzene rings is 1. The first-order valence-electron chi connectivity index (χ1n) is 10.3. The molecule has 29 heavy (non-hydrogen) atoms. The Bertz CT molecular complexity index is 649. The Labute approximate surface area is 179 Å². The predicted molar refractivity (Wildman–Crippen MR) is 118 cm³/mol. The van der Waals surface area contributed by atoms with Crippen molar-refractivity contribution in [1.29, 1.82) is 0 Å². The number of amides is 3. The van der Waals surface area contributed by atoms with Crippen LogP contribution in [-0.2, 0) is 9.53 Å². The molecule has 2 saturated heterocycles. The van der Waals surface area contributed by atoms with Gasteiger partial charge in [0.2, 0.25) is 5.91 Å².